The van der Waals surface area contributed by atoms with Crippen molar-refractivity contribution in [2.45, 2.75) is 12.6 Å². The molecule has 6 heteroatoms. The molecule has 1 aromatic carbocycles. The molecular formula is C15H16N4O2. The highest BCUT2D eigenvalue weighted by molar-refractivity contribution is 6.35. The molecule has 6 nitrogen and oxygen atoms in total. The number of hydrogen-bond acceptors (Lipinski definition) is 4. The number of nitriles is 1. The zero-order valence-corrected chi connectivity index (χ0v) is 11.6. The second kappa shape index (κ2) is 5.54. The number of fused-ring (bicyclic) bond motifs is 1. The van der Waals surface area contributed by atoms with Crippen LogP contribution in [0.4, 0.5) is 0 Å². The maximum absolute atomic E-state index is 12.2. The molecule has 0 bridgehead atoms. The average Bonchev–Trinajstić information content (AvgIpc) is 2.52. The molecule has 2 fully saturated rings. The van der Waals surface area contributed by atoms with E-state index in [4.69, 9.17) is 5.26 Å². The van der Waals surface area contributed by atoms with E-state index >= 15 is 0 Å². The number of nitrogens with one attached hydrogen (secondary N) is 1. The first-order chi connectivity index (χ1) is 10.2. The van der Waals surface area contributed by atoms with Crippen molar-refractivity contribution in [2.75, 3.05) is 26.2 Å². The van der Waals surface area contributed by atoms with Crippen LogP contribution in [0.1, 0.15) is 11.1 Å². The molecule has 21 heavy (non-hydrogen) atoms. The Morgan fingerprint density at radius 3 is 3.00 bits per heavy atom. The fraction of sp³-hybridized carbons (Fsp3) is 0.400. The maximum atomic E-state index is 12.2. The molecule has 2 aliphatic heterocycles. The standard InChI is InChI=1S/C15H16N4O2/c16-7-11-2-1-3-12(6-11)9-18-10-13-8-17-4-5-19(13)15(21)14(18)20/h1-3,6,13,17H,4-5,8-10H2. The molecule has 0 radical (unpaired) electrons. The largest absolute Gasteiger partial charge is 0.328 e. The van der Waals surface area contributed by atoms with Gasteiger partial charge in [0.2, 0.25) is 0 Å². The molecule has 2 heterocycles. The molecule has 0 spiro atoms. The van der Waals surface area contributed by atoms with Gasteiger partial charge in [-0.05, 0) is 17.7 Å². The molecule has 1 aromatic rings. The van der Waals surface area contributed by atoms with Crippen molar-refractivity contribution in [3.63, 3.8) is 0 Å². The van der Waals surface area contributed by atoms with Gasteiger partial charge in [0.1, 0.15) is 0 Å². The van der Waals surface area contributed by atoms with Gasteiger partial charge in [0.25, 0.3) is 0 Å². The number of piperazine rings is 2. The van der Waals surface area contributed by atoms with E-state index in [1.54, 1.807) is 28.0 Å². The summed E-state index contributed by atoms with van der Waals surface area (Å²) >= 11 is 0. The van der Waals surface area contributed by atoms with Crippen molar-refractivity contribution < 1.29 is 9.59 Å². The van der Waals surface area contributed by atoms with E-state index in [1.807, 2.05) is 6.07 Å². The lowest BCUT2D eigenvalue weighted by Crippen LogP contribution is -2.65. The first-order valence-electron chi connectivity index (χ1n) is 6.98. The summed E-state index contributed by atoms with van der Waals surface area (Å²) in [6.07, 6.45) is 0. The number of carbonyl (C=O) groups is 2. The van der Waals surface area contributed by atoms with E-state index in [0.29, 0.717) is 31.7 Å². The number of amides is 2. The van der Waals surface area contributed by atoms with Crippen molar-refractivity contribution in [2.24, 2.45) is 0 Å². The second-order valence-electron chi connectivity index (χ2n) is 5.35. The zero-order chi connectivity index (χ0) is 14.8. The van der Waals surface area contributed by atoms with E-state index in [0.717, 1.165) is 12.1 Å². The van der Waals surface area contributed by atoms with Crippen molar-refractivity contribution in [3.05, 3.63) is 35.4 Å². The van der Waals surface area contributed by atoms with Crippen molar-refractivity contribution in [3.8, 4) is 6.07 Å². The lowest BCUT2D eigenvalue weighted by molar-refractivity contribution is -0.160. The Labute approximate surface area is 122 Å². The summed E-state index contributed by atoms with van der Waals surface area (Å²) in [7, 11) is 0. The van der Waals surface area contributed by atoms with Gasteiger partial charge in [0.15, 0.2) is 0 Å². The third-order valence-corrected chi connectivity index (χ3v) is 3.94. The molecule has 0 saturated carbocycles. The minimum absolute atomic E-state index is 0.0445. The van der Waals surface area contributed by atoms with Crippen molar-refractivity contribution >= 4 is 11.8 Å². The number of hydrogen-bond donors (Lipinski definition) is 1. The monoisotopic (exact) mass is 284 g/mol. The van der Waals surface area contributed by atoms with E-state index in [9.17, 15) is 9.59 Å². The predicted molar refractivity (Wildman–Crippen MR) is 74.9 cm³/mol. The van der Waals surface area contributed by atoms with Gasteiger partial charge in [-0.2, -0.15) is 5.26 Å². The Hall–Kier alpha value is -2.39. The van der Waals surface area contributed by atoms with Crippen LogP contribution in [0, 0.1) is 11.3 Å². The van der Waals surface area contributed by atoms with Crippen LogP contribution in [0.25, 0.3) is 0 Å². The van der Waals surface area contributed by atoms with Crippen LogP contribution in [0.2, 0.25) is 0 Å². The van der Waals surface area contributed by atoms with Crippen LogP contribution in [0.15, 0.2) is 24.3 Å². The Bertz CT molecular complexity index is 622. The van der Waals surface area contributed by atoms with Gasteiger partial charge in [0, 0.05) is 32.7 Å². The normalized spacial score (nSPS) is 22.0. The van der Waals surface area contributed by atoms with Gasteiger partial charge < -0.3 is 15.1 Å². The molecular weight excluding hydrogens is 268 g/mol. The Kier molecular flexibility index (Phi) is 3.59. The van der Waals surface area contributed by atoms with E-state index < -0.39 is 11.8 Å². The zero-order valence-electron chi connectivity index (χ0n) is 11.6. The quantitative estimate of drug-likeness (QED) is 0.757. The minimum Gasteiger partial charge on any atom is -0.328 e. The minimum atomic E-state index is -0.449. The van der Waals surface area contributed by atoms with Crippen LogP contribution < -0.4 is 5.32 Å². The Balaban J connectivity index is 1.77. The van der Waals surface area contributed by atoms with Crippen LogP contribution in [0.3, 0.4) is 0 Å². The van der Waals surface area contributed by atoms with Gasteiger partial charge in [-0.3, -0.25) is 9.59 Å². The topological polar surface area (TPSA) is 76.4 Å². The molecule has 2 amide bonds. The fourth-order valence-electron chi connectivity index (χ4n) is 2.88. The summed E-state index contributed by atoms with van der Waals surface area (Å²) in [5.41, 5.74) is 1.43. The highest BCUT2D eigenvalue weighted by Gasteiger charge is 2.39. The predicted octanol–water partition coefficient (Wildman–Crippen LogP) is -0.299. The number of benzene rings is 1. The Morgan fingerprint density at radius 1 is 1.33 bits per heavy atom. The SMILES string of the molecule is N#Cc1cccc(CN2CC3CNCCN3C(=O)C2=O)c1. The molecule has 0 aliphatic carbocycles. The van der Waals surface area contributed by atoms with Crippen LogP contribution in [-0.2, 0) is 16.1 Å². The molecule has 1 N–H and O–H groups in total. The van der Waals surface area contributed by atoms with E-state index in [2.05, 4.69) is 11.4 Å². The lowest BCUT2D eigenvalue weighted by atomic mass is 10.1. The highest BCUT2D eigenvalue weighted by atomic mass is 16.2. The smallest absolute Gasteiger partial charge is 0.312 e. The van der Waals surface area contributed by atoms with E-state index in [-0.39, 0.29) is 6.04 Å². The molecule has 1 atom stereocenters. The molecule has 1 unspecified atom stereocenters. The molecule has 108 valence electrons. The summed E-state index contributed by atoms with van der Waals surface area (Å²) in [6, 6.07) is 9.26. The lowest BCUT2D eigenvalue weighted by Gasteiger charge is -2.43. The summed E-state index contributed by atoms with van der Waals surface area (Å²) in [5.74, 6) is -0.861. The second-order valence-corrected chi connectivity index (χ2v) is 5.35. The van der Waals surface area contributed by atoms with Crippen LogP contribution >= 0.6 is 0 Å². The van der Waals surface area contributed by atoms with Crippen LogP contribution in [-0.4, -0.2) is 53.8 Å². The molecule has 0 aromatic heterocycles. The number of carbonyl (C=O) groups excluding carboxylic acids is 2. The van der Waals surface area contributed by atoms with Gasteiger partial charge in [-0.1, -0.05) is 12.1 Å². The van der Waals surface area contributed by atoms with Gasteiger partial charge >= 0.3 is 11.8 Å². The summed E-state index contributed by atoms with van der Waals surface area (Å²) in [5, 5.41) is 12.2. The summed E-state index contributed by atoms with van der Waals surface area (Å²) in [4.78, 5) is 27.6. The van der Waals surface area contributed by atoms with Crippen molar-refractivity contribution in [1.29, 1.82) is 5.26 Å². The third-order valence-electron chi connectivity index (χ3n) is 3.94. The number of nitrogens with zero attached hydrogens (tertiary/aromatic N) is 3. The van der Waals surface area contributed by atoms with Gasteiger partial charge in [-0.25, -0.2) is 0 Å². The van der Waals surface area contributed by atoms with Gasteiger partial charge in [-0.15, -0.1) is 0 Å². The fourth-order valence-corrected chi connectivity index (χ4v) is 2.88. The average molecular weight is 284 g/mol. The molecule has 2 aliphatic rings. The maximum Gasteiger partial charge on any atom is 0.312 e. The van der Waals surface area contributed by atoms with Crippen LogP contribution in [0.5, 0.6) is 0 Å². The molecule has 2 saturated heterocycles. The van der Waals surface area contributed by atoms with Crippen molar-refractivity contribution in [1.82, 2.24) is 15.1 Å². The summed E-state index contributed by atoms with van der Waals surface area (Å²) in [6.45, 7) is 2.94. The van der Waals surface area contributed by atoms with E-state index in [1.165, 1.54) is 0 Å². The Morgan fingerprint density at radius 2 is 2.19 bits per heavy atom. The summed E-state index contributed by atoms with van der Waals surface area (Å²) < 4.78 is 0. The molecule has 3 rings (SSSR count). The third kappa shape index (κ3) is 2.60. The van der Waals surface area contributed by atoms with Gasteiger partial charge in [0.05, 0.1) is 17.7 Å². The highest BCUT2D eigenvalue weighted by Crippen LogP contribution is 2.17. The number of rotatable bonds is 2. The first-order valence-corrected chi connectivity index (χ1v) is 6.98. The first kappa shape index (κ1) is 13.6.